The van der Waals surface area contributed by atoms with Gasteiger partial charge in [0.1, 0.15) is 17.7 Å². The molecule has 0 spiro atoms. The number of amides is 2. The van der Waals surface area contributed by atoms with E-state index in [0.29, 0.717) is 12.8 Å². The smallest absolute Gasteiger partial charge is 0.407 e. The molecule has 2 amide bonds. The second-order valence-corrected chi connectivity index (χ2v) is 11.8. The summed E-state index contributed by atoms with van der Waals surface area (Å²) >= 11 is 0. The van der Waals surface area contributed by atoms with E-state index in [9.17, 15) is 19.5 Å². The van der Waals surface area contributed by atoms with Crippen molar-refractivity contribution in [3.05, 3.63) is 78.9 Å². The molecule has 0 saturated carbocycles. The molecule has 3 rings (SSSR count). The van der Waals surface area contributed by atoms with Crippen LogP contribution in [0.4, 0.5) is 4.79 Å². The molecule has 2 unspecified atom stereocenters. The van der Waals surface area contributed by atoms with Gasteiger partial charge in [-0.1, -0.05) is 88.0 Å². The van der Waals surface area contributed by atoms with Crippen molar-refractivity contribution in [2.75, 3.05) is 20.3 Å². The van der Waals surface area contributed by atoms with Crippen LogP contribution in [0.3, 0.4) is 0 Å². The number of hydrogen-bond donors (Lipinski definition) is 2. The highest BCUT2D eigenvalue weighted by atomic mass is 16.5. The highest BCUT2D eigenvalue weighted by Gasteiger charge is 2.53. The number of unbranched alkanes of at least 4 members (excludes halogenated alkanes) is 3. The Morgan fingerprint density at radius 1 is 1.12 bits per heavy atom. The summed E-state index contributed by atoms with van der Waals surface area (Å²) in [5.74, 6) is -1.60. The maximum absolute atomic E-state index is 14.1. The van der Waals surface area contributed by atoms with E-state index in [1.54, 1.807) is 6.08 Å². The van der Waals surface area contributed by atoms with Gasteiger partial charge in [0.25, 0.3) is 0 Å². The molecule has 0 aliphatic carbocycles. The monoisotopic (exact) mass is 590 g/mol. The largest absolute Gasteiger partial charge is 0.480 e. The molecule has 1 aliphatic rings. The summed E-state index contributed by atoms with van der Waals surface area (Å²) in [5, 5.41) is 13.0. The lowest BCUT2D eigenvalue weighted by molar-refractivity contribution is -0.150. The Balaban J connectivity index is 1.85. The summed E-state index contributed by atoms with van der Waals surface area (Å²) in [5.41, 5.74) is 2.08. The topological polar surface area (TPSA) is 105 Å². The van der Waals surface area contributed by atoms with Crippen LogP contribution in [0.1, 0.15) is 70.4 Å². The molecular formula is C35H46N2O6. The number of nitrogens with one attached hydrogen (secondary N) is 1. The first-order valence-corrected chi connectivity index (χ1v) is 15.0. The molecule has 3 atom stereocenters. The lowest BCUT2D eigenvalue weighted by Crippen LogP contribution is -2.57. The lowest BCUT2D eigenvalue weighted by atomic mass is 9.81. The summed E-state index contributed by atoms with van der Waals surface area (Å²) in [6.45, 7) is 13.6. The number of carboxylic acid groups (broad SMARTS) is 1. The summed E-state index contributed by atoms with van der Waals surface area (Å²) in [6.07, 6.45) is 7.09. The Kier molecular flexibility index (Phi) is 11.7. The van der Waals surface area contributed by atoms with Crippen molar-refractivity contribution >= 4 is 24.0 Å². The first kappa shape index (κ1) is 33.6. The summed E-state index contributed by atoms with van der Waals surface area (Å²) < 4.78 is 11.4. The van der Waals surface area contributed by atoms with Crippen molar-refractivity contribution in [1.82, 2.24) is 10.2 Å². The van der Waals surface area contributed by atoms with Crippen LogP contribution in [0.5, 0.6) is 0 Å². The van der Waals surface area contributed by atoms with Gasteiger partial charge in [-0.05, 0) is 59.8 Å². The minimum Gasteiger partial charge on any atom is -0.480 e. The number of ether oxygens (including phenoxy) is 2. The molecule has 43 heavy (non-hydrogen) atoms. The van der Waals surface area contributed by atoms with Crippen molar-refractivity contribution in [3.8, 4) is 11.1 Å². The third kappa shape index (κ3) is 7.93. The van der Waals surface area contributed by atoms with Gasteiger partial charge < -0.3 is 24.8 Å². The zero-order chi connectivity index (χ0) is 31.6. The number of methoxy groups -OCH3 is 1. The van der Waals surface area contributed by atoms with Crippen molar-refractivity contribution in [3.63, 3.8) is 0 Å². The number of carboxylic acids is 1. The van der Waals surface area contributed by atoms with Gasteiger partial charge in [-0.25, -0.2) is 9.59 Å². The van der Waals surface area contributed by atoms with E-state index >= 15 is 0 Å². The quantitative estimate of drug-likeness (QED) is 0.175. The van der Waals surface area contributed by atoms with Gasteiger partial charge in [-0.15, -0.1) is 6.58 Å². The molecule has 2 aromatic rings. The van der Waals surface area contributed by atoms with Crippen LogP contribution in [-0.4, -0.2) is 60.3 Å². The molecule has 1 saturated heterocycles. The van der Waals surface area contributed by atoms with Gasteiger partial charge in [0.2, 0.25) is 5.91 Å². The predicted octanol–water partition coefficient (Wildman–Crippen LogP) is 6.80. The molecule has 232 valence electrons. The van der Waals surface area contributed by atoms with Crippen molar-refractivity contribution in [2.24, 2.45) is 5.41 Å². The maximum atomic E-state index is 14.1. The number of rotatable bonds is 15. The normalized spacial score (nSPS) is 19.0. The average molecular weight is 591 g/mol. The Morgan fingerprint density at radius 3 is 2.42 bits per heavy atom. The molecule has 2 aromatic carbocycles. The standard InChI is InChI=1S/C35H46N2O6/c1-7-10-11-12-15-22-43-33(41)36-30(34(4,5)9-3)31(38)37-24-35(42-6,23-29(37)32(39)40)27-20-18-26(19-21-27)28-17-14-13-16-25(28)8-2/h7-8,13-14,16-21,29-30H,1-2,9-12,15,22-24H2,3-6H3,(H,36,41)(H,39,40)/t29?,30-,35?/m1/s1. The summed E-state index contributed by atoms with van der Waals surface area (Å²) in [7, 11) is 1.53. The number of benzene rings is 2. The number of carbonyl (C=O) groups is 3. The van der Waals surface area contributed by atoms with E-state index in [1.165, 1.54) is 12.0 Å². The van der Waals surface area contributed by atoms with Crippen LogP contribution >= 0.6 is 0 Å². The van der Waals surface area contributed by atoms with Crippen LogP contribution < -0.4 is 5.32 Å². The van der Waals surface area contributed by atoms with Gasteiger partial charge in [-0.3, -0.25) is 4.79 Å². The molecular weight excluding hydrogens is 544 g/mol. The summed E-state index contributed by atoms with van der Waals surface area (Å²) in [6, 6.07) is 13.6. The Morgan fingerprint density at radius 2 is 1.81 bits per heavy atom. The van der Waals surface area contributed by atoms with Gasteiger partial charge >= 0.3 is 12.1 Å². The molecule has 8 heteroatoms. The van der Waals surface area contributed by atoms with Crippen LogP contribution in [0.2, 0.25) is 0 Å². The third-order valence-corrected chi connectivity index (χ3v) is 8.67. The molecule has 0 aromatic heterocycles. The second-order valence-electron chi connectivity index (χ2n) is 11.8. The molecule has 0 bridgehead atoms. The van der Waals surface area contributed by atoms with Crippen molar-refractivity contribution in [2.45, 2.75) is 77.0 Å². The van der Waals surface area contributed by atoms with E-state index in [-0.39, 0.29) is 19.6 Å². The third-order valence-electron chi connectivity index (χ3n) is 8.67. The zero-order valence-electron chi connectivity index (χ0n) is 25.9. The van der Waals surface area contributed by atoms with E-state index in [2.05, 4.69) is 18.5 Å². The van der Waals surface area contributed by atoms with E-state index in [1.807, 2.05) is 75.4 Å². The first-order valence-electron chi connectivity index (χ1n) is 15.0. The fourth-order valence-electron chi connectivity index (χ4n) is 5.54. The number of alkyl carbamates (subject to hydrolysis) is 1. The Bertz CT molecular complexity index is 1290. The number of allylic oxidation sites excluding steroid dienone is 1. The number of carbonyl (C=O) groups excluding carboxylic acids is 2. The molecule has 8 nitrogen and oxygen atoms in total. The fourth-order valence-corrected chi connectivity index (χ4v) is 5.54. The predicted molar refractivity (Wildman–Crippen MR) is 169 cm³/mol. The highest BCUT2D eigenvalue weighted by molar-refractivity contribution is 5.91. The van der Waals surface area contributed by atoms with Gasteiger partial charge in [0.05, 0.1) is 13.2 Å². The van der Waals surface area contributed by atoms with Crippen molar-refractivity contribution in [1.29, 1.82) is 0 Å². The number of aliphatic carboxylic acids is 1. The van der Waals surface area contributed by atoms with Gasteiger partial charge in [-0.2, -0.15) is 0 Å². The zero-order valence-corrected chi connectivity index (χ0v) is 25.9. The fraction of sp³-hybridized carbons (Fsp3) is 0.457. The summed E-state index contributed by atoms with van der Waals surface area (Å²) in [4.78, 5) is 40.7. The second kappa shape index (κ2) is 15.0. The van der Waals surface area contributed by atoms with Crippen LogP contribution in [0.15, 0.2) is 67.8 Å². The number of likely N-dealkylation sites (tertiary alicyclic amines) is 1. The minimum absolute atomic E-state index is 0.0260. The SMILES string of the molecule is C=CCCCCCOC(=O)N[C@H](C(=O)N1CC(OC)(c2ccc(-c3ccccc3C=C)cc2)CC1C(=O)O)C(C)(C)CC. The molecule has 2 N–H and O–H groups in total. The van der Waals surface area contributed by atoms with E-state index < -0.39 is 41.1 Å². The van der Waals surface area contributed by atoms with Gasteiger partial charge in [0, 0.05) is 13.5 Å². The highest BCUT2D eigenvalue weighted by Crippen LogP contribution is 2.41. The Hall–Kier alpha value is -3.91. The molecule has 1 aliphatic heterocycles. The van der Waals surface area contributed by atoms with E-state index in [4.69, 9.17) is 9.47 Å². The van der Waals surface area contributed by atoms with Crippen LogP contribution in [-0.2, 0) is 24.7 Å². The van der Waals surface area contributed by atoms with Crippen LogP contribution in [0, 0.1) is 5.41 Å². The molecule has 1 heterocycles. The minimum atomic E-state index is -1.13. The number of hydrogen-bond acceptors (Lipinski definition) is 5. The van der Waals surface area contributed by atoms with Gasteiger partial charge in [0.15, 0.2) is 0 Å². The lowest BCUT2D eigenvalue weighted by Gasteiger charge is -2.36. The average Bonchev–Trinajstić information content (AvgIpc) is 3.43. The molecule has 1 fully saturated rings. The maximum Gasteiger partial charge on any atom is 0.407 e. The Labute approximate surface area is 255 Å². The number of nitrogens with zero attached hydrogens (tertiary/aromatic N) is 1. The van der Waals surface area contributed by atoms with Crippen LogP contribution in [0.25, 0.3) is 17.2 Å². The molecule has 0 radical (unpaired) electrons. The van der Waals surface area contributed by atoms with Crippen molar-refractivity contribution < 1.29 is 29.0 Å². The van der Waals surface area contributed by atoms with E-state index in [0.717, 1.165) is 41.5 Å². The first-order chi connectivity index (χ1) is 20.5.